The predicted molar refractivity (Wildman–Crippen MR) is 101 cm³/mol. The molecule has 1 saturated heterocycles. The van der Waals surface area contributed by atoms with Gasteiger partial charge in [-0.05, 0) is 49.4 Å². The van der Waals surface area contributed by atoms with E-state index >= 15 is 0 Å². The molecule has 2 aromatic rings. The van der Waals surface area contributed by atoms with Crippen LogP contribution in [0.3, 0.4) is 0 Å². The SMILES string of the molecule is CN(CC1CCCN(CCc2ccc(F)cc2)C1)C(=O)c1cnc[nH]c1=O. The van der Waals surface area contributed by atoms with Crippen molar-refractivity contribution in [2.24, 2.45) is 5.92 Å². The second-order valence-electron chi connectivity index (χ2n) is 7.17. The highest BCUT2D eigenvalue weighted by Gasteiger charge is 2.24. The molecule has 1 unspecified atom stereocenters. The quantitative estimate of drug-likeness (QED) is 0.841. The molecule has 2 heterocycles. The van der Waals surface area contributed by atoms with Gasteiger partial charge >= 0.3 is 0 Å². The normalized spacial score (nSPS) is 17.6. The number of hydrogen-bond donors (Lipinski definition) is 1. The van der Waals surface area contributed by atoms with Crippen LogP contribution in [-0.4, -0.2) is 58.9 Å². The van der Waals surface area contributed by atoms with Gasteiger partial charge < -0.3 is 14.8 Å². The van der Waals surface area contributed by atoms with Gasteiger partial charge in [0, 0.05) is 32.9 Å². The number of H-pyrrole nitrogens is 1. The summed E-state index contributed by atoms with van der Waals surface area (Å²) in [6.07, 6.45) is 5.62. The van der Waals surface area contributed by atoms with E-state index in [0.29, 0.717) is 12.5 Å². The zero-order valence-corrected chi connectivity index (χ0v) is 15.5. The van der Waals surface area contributed by atoms with Crippen molar-refractivity contribution in [3.05, 3.63) is 64.1 Å². The molecule has 6 nitrogen and oxygen atoms in total. The fourth-order valence-corrected chi connectivity index (χ4v) is 3.61. The predicted octanol–water partition coefficient (Wildman–Crippen LogP) is 1.94. The molecular formula is C20H25FN4O2. The van der Waals surface area contributed by atoms with Gasteiger partial charge in [-0.1, -0.05) is 12.1 Å². The zero-order valence-electron chi connectivity index (χ0n) is 15.5. The van der Waals surface area contributed by atoms with Gasteiger partial charge in [0.1, 0.15) is 11.4 Å². The number of nitrogens with zero attached hydrogens (tertiary/aromatic N) is 3. The van der Waals surface area contributed by atoms with Crippen LogP contribution in [0, 0.1) is 11.7 Å². The molecule has 1 aromatic heterocycles. The molecule has 1 aliphatic rings. The Balaban J connectivity index is 1.51. The fourth-order valence-electron chi connectivity index (χ4n) is 3.61. The first-order valence-corrected chi connectivity index (χ1v) is 9.28. The lowest BCUT2D eigenvalue weighted by molar-refractivity contribution is 0.0728. The third kappa shape index (κ3) is 5.23. The highest BCUT2D eigenvalue weighted by Crippen LogP contribution is 2.18. The van der Waals surface area contributed by atoms with Gasteiger partial charge in [-0.15, -0.1) is 0 Å². The van der Waals surface area contributed by atoms with Gasteiger partial charge in [-0.3, -0.25) is 9.59 Å². The van der Waals surface area contributed by atoms with Crippen LogP contribution in [0.15, 0.2) is 41.6 Å². The van der Waals surface area contributed by atoms with Crippen molar-refractivity contribution < 1.29 is 9.18 Å². The number of aromatic nitrogens is 2. The van der Waals surface area contributed by atoms with Crippen molar-refractivity contribution in [1.29, 1.82) is 0 Å². The number of likely N-dealkylation sites (tertiary alicyclic amines) is 1. The number of carbonyl (C=O) groups is 1. The lowest BCUT2D eigenvalue weighted by Crippen LogP contribution is -2.43. The summed E-state index contributed by atoms with van der Waals surface area (Å²) in [6.45, 7) is 3.49. The van der Waals surface area contributed by atoms with Crippen molar-refractivity contribution in [1.82, 2.24) is 19.8 Å². The monoisotopic (exact) mass is 372 g/mol. The smallest absolute Gasteiger partial charge is 0.263 e. The summed E-state index contributed by atoms with van der Waals surface area (Å²) >= 11 is 0. The second kappa shape index (κ2) is 8.90. The summed E-state index contributed by atoms with van der Waals surface area (Å²) in [6, 6.07) is 6.65. The summed E-state index contributed by atoms with van der Waals surface area (Å²) in [5.41, 5.74) is 0.789. The van der Waals surface area contributed by atoms with Crippen LogP contribution in [0.5, 0.6) is 0 Å². The number of rotatable bonds is 6. The van der Waals surface area contributed by atoms with Gasteiger partial charge in [0.15, 0.2) is 0 Å². The van der Waals surface area contributed by atoms with Crippen molar-refractivity contribution in [3.63, 3.8) is 0 Å². The topological polar surface area (TPSA) is 69.3 Å². The van der Waals surface area contributed by atoms with Gasteiger partial charge in [0.05, 0.1) is 6.33 Å². The van der Waals surface area contributed by atoms with E-state index in [1.807, 2.05) is 12.1 Å². The molecule has 1 atom stereocenters. The Kier molecular flexibility index (Phi) is 6.34. The molecule has 0 spiro atoms. The number of amides is 1. The molecule has 1 N–H and O–H groups in total. The van der Waals surface area contributed by atoms with E-state index in [2.05, 4.69) is 14.9 Å². The molecule has 0 saturated carbocycles. The van der Waals surface area contributed by atoms with Crippen molar-refractivity contribution in [2.75, 3.05) is 33.2 Å². The number of hydrogen-bond acceptors (Lipinski definition) is 4. The van der Waals surface area contributed by atoms with E-state index in [1.165, 1.54) is 24.7 Å². The molecule has 0 aliphatic carbocycles. The van der Waals surface area contributed by atoms with E-state index < -0.39 is 5.56 Å². The van der Waals surface area contributed by atoms with Crippen LogP contribution in [0.2, 0.25) is 0 Å². The highest BCUT2D eigenvalue weighted by atomic mass is 19.1. The number of aromatic amines is 1. The number of nitrogens with one attached hydrogen (secondary N) is 1. The molecule has 1 amide bonds. The van der Waals surface area contributed by atoms with E-state index in [1.54, 1.807) is 11.9 Å². The Hall–Kier alpha value is -2.54. The molecule has 144 valence electrons. The van der Waals surface area contributed by atoms with Gasteiger partial charge in [-0.25, -0.2) is 9.37 Å². The maximum absolute atomic E-state index is 13.0. The van der Waals surface area contributed by atoms with Gasteiger partial charge in [0.25, 0.3) is 11.5 Å². The molecule has 7 heteroatoms. The maximum atomic E-state index is 13.0. The minimum absolute atomic E-state index is 0.0731. The molecule has 1 fully saturated rings. The summed E-state index contributed by atoms with van der Waals surface area (Å²) in [5.74, 6) is -0.138. The number of piperidine rings is 1. The Labute approximate surface area is 158 Å². The first-order chi connectivity index (χ1) is 13.0. The van der Waals surface area contributed by atoms with E-state index in [9.17, 15) is 14.0 Å². The van der Waals surface area contributed by atoms with Gasteiger partial charge in [-0.2, -0.15) is 0 Å². The lowest BCUT2D eigenvalue weighted by Gasteiger charge is -2.34. The molecule has 27 heavy (non-hydrogen) atoms. The molecule has 0 radical (unpaired) electrons. The third-order valence-corrected chi connectivity index (χ3v) is 5.06. The molecule has 1 aromatic carbocycles. The van der Waals surface area contributed by atoms with E-state index in [4.69, 9.17) is 0 Å². The summed E-state index contributed by atoms with van der Waals surface area (Å²) in [7, 11) is 1.73. The summed E-state index contributed by atoms with van der Waals surface area (Å²) in [5, 5.41) is 0. The lowest BCUT2D eigenvalue weighted by atomic mass is 9.97. The summed E-state index contributed by atoms with van der Waals surface area (Å²) in [4.78, 5) is 34.5. The minimum atomic E-state index is -0.411. The molecular weight excluding hydrogens is 347 g/mol. The maximum Gasteiger partial charge on any atom is 0.263 e. The van der Waals surface area contributed by atoms with Gasteiger partial charge in [0.2, 0.25) is 0 Å². The summed E-state index contributed by atoms with van der Waals surface area (Å²) < 4.78 is 13.0. The Morgan fingerprint density at radius 2 is 2.15 bits per heavy atom. The largest absolute Gasteiger partial charge is 0.341 e. The zero-order chi connectivity index (χ0) is 19.2. The molecule has 1 aliphatic heterocycles. The Morgan fingerprint density at radius 3 is 2.89 bits per heavy atom. The van der Waals surface area contributed by atoms with Crippen LogP contribution < -0.4 is 5.56 Å². The van der Waals surface area contributed by atoms with Crippen LogP contribution in [0.1, 0.15) is 28.8 Å². The highest BCUT2D eigenvalue weighted by molar-refractivity contribution is 5.93. The third-order valence-electron chi connectivity index (χ3n) is 5.06. The van der Waals surface area contributed by atoms with Crippen molar-refractivity contribution in [2.45, 2.75) is 19.3 Å². The Bertz CT molecular complexity index is 821. The van der Waals surface area contributed by atoms with Crippen LogP contribution >= 0.6 is 0 Å². The van der Waals surface area contributed by atoms with Crippen molar-refractivity contribution in [3.8, 4) is 0 Å². The molecule has 3 rings (SSSR count). The Morgan fingerprint density at radius 1 is 1.37 bits per heavy atom. The number of benzene rings is 1. The number of halogens is 1. The number of carbonyl (C=O) groups excluding carboxylic acids is 1. The van der Waals surface area contributed by atoms with E-state index in [-0.39, 0.29) is 17.3 Å². The van der Waals surface area contributed by atoms with Crippen LogP contribution in [-0.2, 0) is 6.42 Å². The molecule has 0 bridgehead atoms. The average molecular weight is 372 g/mol. The van der Waals surface area contributed by atoms with Crippen LogP contribution in [0.25, 0.3) is 0 Å². The first kappa shape index (κ1) is 19.2. The standard InChI is InChI=1S/C20H25FN4O2/c1-24(20(27)18-11-22-14-23-19(18)26)12-16-3-2-9-25(13-16)10-8-15-4-6-17(21)7-5-15/h4-7,11,14,16H,2-3,8-10,12-13H2,1H3,(H,22,23,26). The van der Waals surface area contributed by atoms with Crippen LogP contribution in [0.4, 0.5) is 4.39 Å². The van der Waals surface area contributed by atoms with Crippen molar-refractivity contribution >= 4 is 5.91 Å². The average Bonchev–Trinajstić information content (AvgIpc) is 2.68. The second-order valence-corrected chi connectivity index (χ2v) is 7.17. The minimum Gasteiger partial charge on any atom is -0.341 e. The van der Waals surface area contributed by atoms with E-state index in [0.717, 1.165) is 44.5 Å². The first-order valence-electron chi connectivity index (χ1n) is 9.28. The fraction of sp³-hybridized carbons (Fsp3) is 0.450.